The predicted molar refractivity (Wildman–Crippen MR) is 160 cm³/mol. The van der Waals surface area contributed by atoms with Gasteiger partial charge in [-0.1, -0.05) is 64.1 Å². The molecule has 1 unspecified atom stereocenters. The highest BCUT2D eigenvalue weighted by atomic mass is 16.2. The highest BCUT2D eigenvalue weighted by Crippen LogP contribution is 2.46. The Kier molecular flexibility index (Phi) is 7.95. The molecule has 41 heavy (non-hydrogen) atoms. The molecule has 1 aliphatic carbocycles. The van der Waals surface area contributed by atoms with Crippen molar-refractivity contribution in [1.29, 1.82) is 0 Å². The van der Waals surface area contributed by atoms with Crippen molar-refractivity contribution in [2.45, 2.75) is 65.5 Å². The van der Waals surface area contributed by atoms with Crippen molar-refractivity contribution < 1.29 is 14.4 Å². The molecule has 8 heteroatoms. The van der Waals surface area contributed by atoms with Gasteiger partial charge in [0.05, 0.1) is 5.41 Å². The summed E-state index contributed by atoms with van der Waals surface area (Å²) in [4.78, 5) is 45.8. The second-order valence-electron chi connectivity index (χ2n) is 12.2. The summed E-state index contributed by atoms with van der Waals surface area (Å²) in [7, 11) is 0. The van der Waals surface area contributed by atoms with E-state index in [0.717, 1.165) is 40.8 Å². The SMILES string of the molecule is CCCNCc1ccccc1CN(CC(=O)Nc1ccc2c(c1)CC1(C2)C(=O)Nc2ncccc21)C(=O)C(C)(C)C. The van der Waals surface area contributed by atoms with Crippen molar-refractivity contribution in [1.82, 2.24) is 15.2 Å². The highest BCUT2D eigenvalue weighted by Gasteiger charge is 2.51. The third-order valence-corrected chi connectivity index (χ3v) is 7.95. The molecule has 3 aromatic rings. The van der Waals surface area contributed by atoms with Gasteiger partial charge in [0.25, 0.3) is 0 Å². The Labute approximate surface area is 241 Å². The maximum Gasteiger partial charge on any atom is 0.244 e. The molecule has 0 bridgehead atoms. The molecule has 2 aliphatic rings. The maximum absolute atomic E-state index is 13.4. The molecule has 3 amide bonds. The summed E-state index contributed by atoms with van der Waals surface area (Å²) in [6.45, 7) is 9.66. The third-order valence-electron chi connectivity index (χ3n) is 7.95. The van der Waals surface area contributed by atoms with Crippen LogP contribution in [0.15, 0.2) is 60.8 Å². The van der Waals surface area contributed by atoms with E-state index in [1.54, 1.807) is 11.1 Å². The van der Waals surface area contributed by atoms with Gasteiger partial charge in [-0.2, -0.15) is 0 Å². The molecule has 2 heterocycles. The van der Waals surface area contributed by atoms with Crippen molar-refractivity contribution in [3.05, 3.63) is 88.6 Å². The number of carbonyl (C=O) groups excluding carboxylic acids is 3. The van der Waals surface area contributed by atoms with Crippen molar-refractivity contribution in [3.63, 3.8) is 0 Å². The number of pyridine rings is 1. The Balaban J connectivity index is 1.31. The van der Waals surface area contributed by atoms with Gasteiger partial charge in [0.15, 0.2) is 0 Å². The Hall–Kier alpha value is -4.04. The third kappa shape index (κ3) is 5.88. The monoisotopic (exact) mass is 553 g/mol. The van der Waals surface area contributed by atoms with Crippen molar-refractivity contribution in [2.24, 2.45) is 5.41 Å². The van der Waals surface area contributed by atoms with Crippen LogP contribution < -0.4 is 16.0 Å². The quantitative estimate of drug-likeness (QED) is 0.337. The molecule has 3 N–H and O–H groups in total. The van der Waals surface area contributed by atoms with Crippen LogP contribution in [-0.4, -0.2) is 40.7 Å². The van der Waals surface area contributed by atoms with Crippen LogP contribution in [0.1, 0.15) is 61.9 Å². The van der Waals surface area contributed by atoms with E-state index >= 15 is 0 Å². The second kappa shape index (κ2) is 11.4. The first kappa shape index (κ1) is 28.5. The number of anilines is 2. The minimum Gasteiger partial charge on any atom is -0.329 e. The van der Waals surface area contributed by atoms with E-state index < -0.39 is 10.8 Å². The molecule has 1 aromatic heterocycles. The smallest absolute Gasteiger partial charge is 0.244 e. The number of rotatable bonds is 9. The van der Waals surface area contributed by atoms with Gasteiger partial charge in [0.1, 0.15) is 12.4 Å². The van der Waals surface area contributed by atoms with E-state index in [4.69, 9.17) is 0 Å². The number of hydrogen-bond donors (Lipinski definition) is 3. The molecule has 0 saturated carbocycles. The van der Waals surface area contributed by atoms with Gasteiger partial charge in [-0.25, -0.2) is 4.98 Å². The average molecular weight is 554 g/mol. The fourth-order valence-electron chi connectivity index (χ4n) is 5.88. The van der Waals surface area contributed by atoms with E-state index in [-0.39, 0.29) is 24.3 Å². The lowest BCUT2D eigenvalue weighted by Crippen LogP contribution is -2.43. The first-order valence-corrected chi connectivity index (χ1v) is 14.4. The zero-order valence-electron chi connectivity index (χ0n) is 24.3. The Bertz CT molecular complexity index is 1480. The summed E-state index contributed by atoms with van der Waals surface area (Å²) in [6, 6.07) is 17.7. The molecular formula is C33H39N5O3. The van der Waals surface area contributed by atoms with E-state index in [9.17, 15) is 14.4 Å². The zero-order chi connectivity index (χ0) is 29.2. The number of hydrogen-bond acceptors (Lipinski definition) is 5. The fourth-order valence-corrected chi connectivity index (χ4v) is 5.88. The number of nitrogens with one attached hydrogen (secondary N) is 3. The van der Waals surface area contributed by atoms with Gasteiger partial charge in [0, 0.05) is 36.0 Å². The standard InChI is InChI=1S/C33H39N5O3/c1-5-14-34-19-23-9-6-7-10-24(23)20-38(31(41)32(2,3)4)21-28(39)36-26-13-12-22-17-33(18-25(22)16-26)27-11-8-15-35-29(27)37-30(33)40/h6-13,15-16,34H,5,14,17-21H2,1-4H3,(H,36,39)(H,35,37,40). The molecule has 0 saturated heterocycles. The fraction of sp³-hybridized carbons (Fsp3) is 0.394. The van der Waals surface area contributed by atoms with E-state index in [1.807, 2.05) is 69.3 Å². The lowest BCUT2D eigenvalue weighted by Gasteiger charge is -2.30. The molecule has 1 spiro atoms. The first-order valence-electron chi connectivity index (χ1n) is 14.4. The van der Waals surface area contributed by atoms with Gasteiger partial charge in [-0.3, -0.25) is 14.4 Å². The van der Waals surface area contributed by atoms with Crippen LogP contribution in [0.2, 0.25) is 0 Å². The number of nitrogens with zero attached hydrogens (tertiary/aromatic N) is 2. The highest BCUT2D eigenvalue weighted by molar-refractivity contribution is 6.06. The van der Waals surface area contributed by atoms with Gasteiger partial charge in [-0.15, -0.1) is 0 Å². The van der Waals surface area contributed by atoms with Crippen LogP contribution in [0, 0.1) is 5.41 Å². The molecule has 0 fully saturated rings. The normalized spacial score (nSPS) is 17.2. The molecule has 1 atom stereocenters. The first-order chi connectivity index (χ1) is 19.6. The molecule has 1 aliphatic heterocycles. The van der Waals surface area contributed by atoms with Crippen LogP contribution in [0.25, 0.3) is 0 Å². The minimum atomic E-state index is -0.663. The molecule has 8 nitrogen and oxygen atoms in total. The molecular weight excluding hydrogens is 514 g/mol. The van der Waals surface area contributed by atoms with Crippen LogP contribution in [0.4, 0.5) is 11.5 Å². The Morgan fingerprint density at radius 2 is 1.78 bits per heavy atom. The summed E-state index contributed by atoms with van der Waals surface area (Å²) in [5.74, 6) is 0.254. The number of carbonyl (C=O) groups is 3. The topological polar surface area (TPSA) is 103 Å². The molecule has 214 valence electrons. The molecule has 5 rings (SSSR count). The van der Waals surface area contributed by atoms with Gasteiger partial charge in [0.2, 0.25) is 17.7 Å². The Morgan fingerprint density at radius 1 is 1.02 bits per heavy atom. The van der Waals surface area contributed by atoms with E-state index in [0.29, 0.717) is 37.4 Å². The molecule has 0 radical (unpaired) electrons. The zero-order valence-corrected chi connectivity index (χ0v) is 24.3. The summed E-state index contributed by atoms with van der Waals surface area (Å²) >= 11 is 0. The number of benzene rings is 2. The van der Waals surface area contributed by atoms with Crippen LogP contribution in [0.5, 0.6) is 0 Å². The van der Waals surface area contributed by atoms with Crippen LogP contribution in [-0.2, 0) is 45.7 Å². The number of fused-ring (bicyclic) bond motifs is 3. The van der Waals surface area contributed by atoms with Crippen molar-refractivity contribution in [2.75, 3.05) is 23.7 Å². The van der Waals surface area contributed by atoms with Crippen molar-refractivity contribution in [3.8, 4) is 0 Å². The summed E-state index contributed by atoms with van der Waals surface area (Å²) in [5.41, 5.74) is 4.55. The minimum absolute atomic E-state index is 0.0329. The van der Waals surface area contributed by atoms with E-state index in [1.165, 1.54) is 0 Å². The average Bonchev–Trinajstić information content (AvgIpc) is 3.45. The summed E-state index contributed by atoms with van der Waals surface area (Å²) < 4.78 is 0. The van der Waals surface area contributed by atoms with Crippen LogP contribution in [0.3, 0.4) is 0 Å². The second-order valence-corrected chi connectivity index (χ2v) is 12.2. The lowest BCUT2D eigenvalue weighted by atomic mass is 9.79. The largest absolute Gasteiger partial charge is 0.329 e. The van der Waals surface area contributed by atoms with E-state index in [2.05, 4.69) is 33.9 Å². The predicted octanol–water partition coefficient (Wildman–Crippen LogP) is 4.58. The number of amides is 3. The lowest BCUT2D eigenvalue weighted by molar-refractivity contribution is -0.142. The Morgan fingerprint density at radius 3 is 2.54 bits per heavy atom. The van der Waals surface area contributed by atoms with Gasteiger partial charge in [-0.05, 0) is 66.3 Å². The van der Waals surface area contributed by atoms with Gasteiger partial charge < -0.3 is 20.9 Å². The van der Waals surface area contributed by atoms with Crippen molar-refractivity contribution >= 4 is 29.2 Å². The summed E-state index contributed by atoms with van der Waals surface area (Å²) in [5, 5.41) is 9.37. The van der Waals surface area contributed by atoms with Crippen LogP contribution >= 0.6 is 0 Å². The van der Waals surface area contributed by atoms with Gasteiger partial charge >= 0.3 is 0 Å². The molecule has 2 aromatic carbocycles. The summed E-state index contributed by atoms with van der Waals surface area (Å²) in [6.07, 6.45) is 3.87. The number of aromatic nitrogens is 1. The maximum atomic E-state index is 13.4.